The SMILES string of the molecule is C[C@H](OC(=O)CCSc1ccc(F)c(F)c1)C(=O)Nc1ccccc1C#N. The molecular formula is C19H16F2N2O3S. The van der Waals surface area contributed by atoms with Crippen LogP contribution < -0.4 is 5.32 Å². The summed E-state index contributed by atoms with van der Waals surface area (Å²) in [5.41, 5.74) is 0.633. The quantitative estimate of drug-likeness (QED) is 0.573. The van der Waals surface area contributed by atoms with Crippen molar-refractivity contribution in [1.82, 2.24) is 0 Å². The van der Waals surface area contributed by atoms with Crippen molar-refractivity contribution in [1.29, 1.82) is 5.26 Å². The Balaban J connectivity index is 1.79. The number of esters is 1. The molecule has 0 aliphatic carbocycles. The summed E-state index contributed by atoms with van der Waals surface area (Å²) in [7, 11) is 0. The lowest BCUT2D eigenvalue weighted by molar-refractivity contribution is -0.152. The van der Waals surface area contributed by atoms with E-state index in [-0.39, 0.29) is 12.2 Å². The predicted octanol–water partition coefficient (Wildman–Crippen LogP) is 3.89. The van der Waals surface area contributed by atoms with Crippen molar-refractivity contribution in [2.24, 2.45) is 0 Å². The number of para-hydroxylation sites is 1. The van der Waals surface area contributed by atoms with Crippen molar-refractivity contribution in [2.45, 2.75) is 24.3 Å². The third-order valence-corrected chi connectivity index (χ3v) is 4.44. The van der Waals surface area contributed by atoms with Gasteiger partial charge < -0.3 is 10.1 Å². The van der Waals surface area contributed by atoms with Gasteiger partial charge in [-0.3, -0.25) is 9.59 Å². The third kappa shape index (κ3) is 6.08. The van der Waals surface area contributed by atoms with Gasteiger partial charge in [-0.05, 0) is 37.3 Å². The van der Waals surface area contributed by atoms with Gasteiger partial charge in [0.1, 0.15) is 6.07 Å². The van der Waals surface area contributed by atoms with Crippen LogP contribution in [0.2, 0.25) is 0 Å². The van der Waals surface area contributed by atoms with Crippen LogP contribution in [0.5, 0.6) is 0 Å². The zero-order valence-electron chi connectivity index (χ0n) is 14.4. The van der Waals surface area contributed by atoms with Gasteiger partial charge in [-0.15, -0.1) is 11.8 Å². The van der Waals surface area contributed by atoms with E-state index in [1.54, 1.807) is 24.3 Å². The summed E-state index contributed by atoms with van der Waals surface area (Å²) >= 11 is 1.17. The summed E-state index contributed by atoms with van der Waals surface area (Å²) in [6.45, 7) is 1.42. The number of nitriles is 1. The Morgan fingerprint density at radius 2 is 1.96 bits per heavy atom. The number of carbonyl (C=O) groups excluding carboxylic acids is 2. The maximum Gasteiger partial charge on any atom is 0.307 e. The molecule has 27 heavy (non-hydrogen) atoms. The van der Waals surface area contributed by atoms with Crippen LogP contribution in [0, 0.1) is 23.0 Å². The van der Waals surface area contributed by atoms with Crippen LogP contribution in [-0.4, -0.2) is 23.7 Å². The van der Waals surface area contributed by atoms with Crippen molar-refractivity contribution in [2.75, 3.05) is 11.1 Å². The molecule has 0 aliphatic rings. The first-order chi connectivity index (χ1) is 12.9. The average molecular weight is 390 g/mol. The highest BCUT2D eigenvalue weighted by molar-refractivity contribution is 7.99. The number of rotatable bonds is 7. The molecule has 5 nitrogen and oxygen atoms in total. The molecule has 0 aromatic heterocycles. The molecular weight excluding hydrogens is 374 g/mol. The molecule has 0 saturated carbocycles. The fourth-order valence-electron chi connectivity index (χ4n) is 2.05. The Kier molecular flexibility index (Phi) is 7.32. The van der Waals surface area contributed by atoms with E-state index in [4.69, 9.17) is 10.00 Å². The van der Waals surface area contributed by atoms with E-state index < -0.39 is 29.6 Å². The Morgan fingerprint density at radius 1 is 1.22 bits per heavy atom. The van der Waals surface area contributed by atoms with E-state index in [1.165, 1.54) is 24.8 Å². The molecule has 1 amide bonds. The second-order valence-corrected chi connectivity index (χ2v) is 6.62. The van der Waals surface area contributed by atoms with E-state index in [9.17, 15) is 18.4 Å². The molecule has 0 radical (unpaired) electrons. The molecule has 0 fully saturated rings. The first-order valence-electron chi connectivity index (χ1n) is 7.98. The lowest BCUT2D eigenvalue weighted by Gasteiger charge is -2.14. The molecule has 0 unspecified atom stereocenters. The molecule has 0 spiro atoms. The molecule has 2 aromatic rings. The second-order valence-electron chi connectivity index (χ2n) is 5.45. The van der Waals surface area contributed by atoms with Crippen LogP contribution in [0.3, 0.4) is 0 Å². The topological polar surface area (TPSA) is 79.2 Å². The van der Waals surface area contributed by atoms with Crippen molar-refractivity contribution in [3.8, 4) is 6.07 Å². The normalized spacial score (nSPS) is 11.3. The van der Waals surface area contributed by atoms with Gasteiger partial charge in [0.15, 0.2) is 17.7 Å². The molecule has 0 saturated heterocycles. The average Bonchev–Trinajstić information content (AvgIpc) is 2.65. The van der Waals surface area contributed by atoms with Crippen molar-refractivity contribution in [3.05, 3.63) is 59.7 Å². The number of thioether (sulfide) groups is 1. The fourth-order valence-corrected chi connectivity index (χ4v) is 2.91. The van der Waals surface area contributed by atoms with Gasteiger partial charge in [0.25, 0.3) is 5.91 Å². The second kappa shape index (κ2) is 9.69. The van der Waals surface area contributed by atoms with Crippen LogP contribution >= 0.6 is 11.8 Å². The number of amides is 1. The number of nitrogens with one attached hydrogen (secondary N) is 1. The minimum atomic E-state index is -1.04. The van der Waals surface area contributed by atoms with E-state index in [1.807, 2.05) is 6.07 Å². The Morgan fingerprint density at radius 3 is 2.67 bits per heavy atom. The molecule has 2 aromatic carbocycles. The first kappa shape index (κ1) is 20.4. The largest absolute Gasteiger partial charge is 0.453 e. The zero-order valence-corrected chi connectivity index (χ0v) is 15.2. The number of anilines is 1. The van der Waals surface area contributed by atoms with Crippen LogP contribution in [-0.2, 0) is 14.3 Å². The molecule has 0 heterocycles. The molecule has 1 atom stereocenters. The van der Waals surface area contributed by atoms with Gasteiger partial charge in [0.05, 0.1) is 17.7 Å². The van der Waals surface area contributed by atoms with E-state index in [0.29, 0.717) is 16.1 Å². The molecule has 0 aliphatic heterocycles. The minimum Gasteiger partial charge on any atom is -0.453 e. The summed E-state index contributed by atoms with van der Waals surface area (Å²) in [6.07, 6.45) is -1.05. The molecule has 1 N–H and O–H groups in total. The Bertz CT molecular complexity index is 883. The highest BCUT2D eigenvalue weighted by Crippen LogP contribution is 2.21. The van der Waals surface area contributed by atoms with Crippen LogP contribution in [0.25, 0.3) is 0 Å². The summed E-state index contributed by atoms with van der Waals surface area (Å²) < 4.78 is 31.0. The lowest BCUT2D eigenvalue weighted by Crippen LogP contribution is -2.30. The van der Waals surface area contributed by atoms with Crippen molar-refractivity contribution >= 4 is 29.3 Å². The number of hydrogen-bond acceptors (Lipinski definition) is 5. The smallest absolute Gasteiger partial charge is 0.307 e. The Hall–Kier alpha value is -2.92. The predicted molar refractivity (Wildman–Crippen MR) is 97.0 cm³/mol. The van der Waals surface area contributed by atoms with Gasteiger partial charge in [-0.2, -0.15) is 5.26 Å². The third-order valence-electron chi connectivity index (χ3n) is 3.45. The number of hydrogen-bond donors (Lipinski definition) is 1. The zero-order chi connectivity index (χ0) is 19.8. The van der Waals surface area contributed by atoms with Gasteiger partial charge in [0.2, 0.25) is 0 Å². The number of ether oxygens (including phenoxy) is 1. The molecule has 8 heteroatoms. The molecule has 2 rings (SSSR count). The van der Waals surface area contributed by atoms with Gasteiger partial charge in [-0.25, -0.2) is 8.78 Å². The summed E-state index contributed by atoms with van der Waals surface area (Å²) in [5, 5.41) is 11.5. The Labute approximate surface area is 159 Å². The number of carbonyl (C=O) groups is 2. The minimum absolute atomic E-state index is 0.00390. The van der Waals surface area contributed by atoms with E-state index >= 15 is 0 Å². The van der Waals surface area contributed by atoms with E-state index in [0.717, 1.165) is 12.1 Å². The van der Waals surface area contributed by atoms with Crippen LogP contribution in [0.1, 0.15) is 18.9 Å². The summed E-state index contributed by atoms with van der Waals surface area (Å²) in [6, 6.07) is 11.9. The lowest BCUT2D eigenvalue weighted by atomic mass is 10.2. The fraction of sp³-hybridized carbons (Fsp3) is 0.211. The van der Waals surface area contributed by atoms with Crippen molar-refractivity contribution in [3.63, 3.8) is 0 Å². The maximum absolute atomic E-state index is 13.1. The first-order valence-corrected chi connectivity index (χ1v) is 8.96. The van der Waals surface area contributed by atoms with E-state index in [2.05, 4.69) is 5.32 Å². The monoisotopic (exact) mass is 390 g/mol. The summed E-state index contributed by atoms with van der Waals surface area (Å²) in [4.78, 5) is 24.4. The summed E-state index contributed by atoms with van der Waals surface area (Å²) in [5.74, 6) is -2.75. The molecule has 140 valence electrons. The number of halogens is 2. The maximum atomic E-state index is 13.1. The van der Waals surface area contributed by atoms with Crippen LogP contribution in [0.15, 0.2) is 47.4 Å². The van der Waals surface area contributed by atoms with Gasteiger partial charge in [0, 0.05) is 10.6 Å². The van der Waals surface area contributed by atoms with Crippen LogP contribution in [0.4, 0.5) is 14.5 Å². The van der Waals surface area contributed by atoms with Gasteiger partial charge in [-0.1, -0.05) is 12.1 Å². The van der Waals surface area contributed by atoms with Gasteiger partial charge >= 0.3 is 5.97 Å². The highest BCUT2D eigenvalue weighted by Gasteiger charge is 2.18. The number of nitrogens with zero attached hydrogens (tertiary/aromatic N) is 1. The van der Waals surface area contributed by atoms with Crippen molar-refractivity contribution < 1.29 is 23.1 Å². The highest BCUT2D eigenvalue weighted by atomic mass is 32.2. The molecule has 0 bridgehead atoms. The number of benzene rings is 2. The standard InChI is InChI=1S/C19H16F2N2O3S/c1-12(19(25)23-17-5-3-2-4-13(17)11-22)26-18(24)8-9-27-14-6-7-15(20)16(21)10-14/h2-7,10,12H,8-9H2,1H3,(H,23,25)/t12-/m0/s1.